The zero-order chi connectivity index (χ0) is 15.2. The van der Waals surface area contributed by atoms with Crippen molar-refractivity contribution in [3.8, 4) is 0 Å². The van der Waals surface area contributed by atoms with E-state index in [-0.39, 0.29) is 11.5 Å². The minimum Gasteiger partial charge on any atom is -0.478 e. The number of amides is 1. The first-order chi connectivity index (χ1) is 10.1. The SMILES string of the molecule is Cc1ccc(C(=O)O)c(NCCC(=O)N2CCCCC2)c1. The van der Waals surface area contributed by atoms with Gasteiger partial charge in [0.2, 0.25) is 5.91 Å². The second-order valence-electron chi connectivity index (χ2n) is 5.47. The lowest BCUT2D eigenvalue weighted by Crippen LogP contribution is -2.36. The van der Waals surface area contributed by atoms with Gasteiger partial charge in [0, 0.05) is 31.7 Å². The fourth-order valence-corrected chi connectivity index (χ4v) is 2.60. The highest BCUT2D eigenvalue weighted by molar-refractivity contribution is 5.94. The van der Waals surface area contributed by atoms with Gasteiger partial charge in [-0.3, -0.25) is 4.79 Å². The lowest BCUT2D eigenvalue weighted by Gasteiger charge is -2.26. The molecular weight excluding hydrogens is 268 g/mol. The van der Waals surface area contributed by atoms with Crippen LogP contribution in [0.5, 0.6) is 0 Å². The number of aryl methyl sites for hydroxylation is 1. The molecular formula is C16H22N2O3. The molecule has 1 aromatic carbocycles. The molecule has 0 bridgehead atoms. The van der Waals surface area contributed by atoms with Crippen LogP contribution in [0.25, 0.3) is 0 Å². The molecule has 0 aromatic heterocycles. The Morgan fingerprint density at radius 2 is 1.95 bits per heavy atom. The largest absolute Gasteiger partial charge is 0.478 e. The molecule has 1 aliphatic heterocycles. The van der Waals surface area contributed by atoms with Crippen LogP contribution in [-0.2, 0) is 4.79 Å². The summed E-state index contributed by atoms with van der Waals surface area (Å²) in [4.78, 5) is 25.1. The first kappa shape index (κ1) is 15.4. The van der Waals surface area contributed by atoms with Crippen molar-refractivity contribution in [2.75, 3.05) is 25.0 Å². The molecule has 0 spiro atoms. The summed E-state index contributed by atoms with van der Waals surface area (Å²) in [5.41, 5.74) is 1.81. The molecule has 0 radical (unpaired) electrons. The number of hydrogen-bond donors (Lipinski definition) is 2. The quantitative estimate of drug-likeness (QED) is 0.874. The number of carboxylic acid groups (broad SMARTS) is 1. The highest BCUT2D eigenvalue weighted by atomic mass is 16.4. The van der Waals surface area contributed by atoms with Gasteiger partial charge in [0.25, 0.3) is 0 Å². The molecule has 0 aliphatic carbocycles. The molecule has 5 nitrogen and oxygen atoms in total. The number of anilines is 1. The van der Waals surface area contributed by atoms with Crippen LogP contribution in [0.1, 0.15) is 41.6 Å². The van der Waals surface area contributed by atoms with Crippen LogP contribution >= 0.6 is 0 Å². The Hall–Kier alpha value is -2.04. The molecule has 1 amide bonds. The molecule has 1 aliphatic rings. The fraction of sp³-hybridized carbons (Fsp3) is 0.500. The third-order valence-electron chi connectivity index (χ3n) is 3.77. The standard InChI is InChI=1S/C16H22N2O3/c1-12-5-6-13(16(20)21)14(11-12)17-8-7-15(19)18-9-3-2-4-10-18/h5-6,11,17H,2-4,7-10H2,1H3,(H,20,21). The van der Waals surface area contributed by atoms with Gasteiger partial charge in [-0.15, -0.1) is 0 Å². The minimum atomic E-state index is -0.958. The Bertz CT molecular complexity index is 522. The average Bonchev–Trinajstić information content (AvgIpc) is 2.48. The topological polar surface area (TPSA) is 69.6 Å². The smallest absolute Gasteiger partial charge is 0.337 e. The highest BCUT2D eigenvalue weighted by Gasteiger charge is 2.16. The number of hydrogen-bond acceptors (Lipinski definition) is 3. The van der Waals surface area contributed by atoms with E-state index in [2.05, 4.69) is 5.32 Å². The number of piperidine rings is 1. The molecule has 1 saturated heterocycles. The second kappa shape index (κ2) is 7.11. The van der Waals surface area contributed by atoms with Crippen LogP contribution in [0, 0.1) is 6.92 Å². The lowest BCUT2D eigenvalue weighted by atomic mass is 10.1. The Morgan fingerprint density at radius 3 is 2.62 bits per heavy atom. The number of nitrogens with zero attached hydrogens (tertiary/aromatic N) is 1. The maximum atomic E-state index is 12.0. The third kappa shape index (κ3) is 4.21. The molecule has 1 aromatic rings. The van der Waals surface area contributed by atoms with Crippen molar-refractivity contribution >= 4 is 17.6 Å². The van der Waals surface area contributed by atoms with Gasteiger partial charge < -0.3 is 15.3 Å². The number of carboxylic acids is 1. The molecule has 0 saturated carbocycles. The lowest BCUT2D eigenvalue weighted by molar-refractivity contribution is -0.131. The maximum Gasteiger partial charge on any atom is 0.337 e. The zero-order valence-electron chi connectivity index (χ0n) is 12.4. The Labute approximate surface area is 125 Å². The fourth-order valence-electron chi connectivity index (χ4n) is 2.60. The first-order valence-corrected chi connectivity index (χ1v) is 7.43. The van der Waals surface area contributed by atoms with Gasteiger partial charge >= 0.3 is 5.97 Å². The van der Waals surface area contributed by atoms with Crippen molar-refractivity contribution in [3.05, 3.63) is 29.3 Å². The molecule has 0 unspecified atom stereocenters. The van der Waals surface area contributed by atoms with Crippen LogP contribution < -0.4 is 5.32 Å². The summed E-state index contributed by atoms with van der Waals surface area (Å²) in [6, 6.07) is 5.16. The number of nitrogens with one attached hydrogen (secondary N) is 1. The molecule has 2 N–H and O–H groups in total. The molecule has 1 heterocycles. The van der Waals surface area contributed by atoms with Crippen LogP contribution in [0.15, 0.2) is 18.2 Å². The summed E-state index contributed by atoms with van der Waals surface area (Å²) >= 11 is 0. The van der Waals surface area contributed by atoms with E-state index in [0.717, 1.165) is 31.5 Å². The number of benzene rings is 1. The molecule has 1 fully saturated rings. The molecule has 5 heteroatoms. The van der Waals surface area contributed by atoms with E-state index in [9.17, 15) is 9.59 Å². The van der Waals surface area contributed by atoms with E-state index in [0.29, 0.717) is 18.7 Å². The predicted octanol–water partition coefficient (Wildman–Crippen LogP) is 2.51. The summed E-state index contributed by atoms with van der Waals surface area (Å²) in [7, 11) is 0. The van der Waals surface area contributed by atoms with E-state index >= 15 is 0 Å². The van der Waals surface area contributed by atoms with Crippen LogP contribution in [-0.4, -0.2) is 41.5 Å². The van der Waals surface area contributed by atoms with E-state index in [4.69, 9.17) is 5.11 Å². The normalized spacial score (nSPS) is 14.8. The van der Waals surface area contributed by atoms with E-state index < -0.39 is 5.97 Å². The van der Waals surface area contributed by atoms with Gasteiger partial charge in [-0.1, -0.05) is 6.07 Å². The van der Waals surface area contributed by atoms with Crippen LogP contribution in [0.2, 0.25) is 0 Å². The first-order valence-electron chi connectivity index (χ1n) is 7.43. The summed E-state index contributed by atoms with van der Waals surface area (Å²) in [6.45, 7) is 4.07. The van der Waals surface area contributed by atoms with Crippen LogP contribution in [0.4, 0.5) is 5.69 Å². The second-order valence-corrected chi connectivity index (χ2v) is 5.47. The monoisotopic (exact) mass is 290 g/mol. The Kier molecular flexibility index (Phi) is 5.20. The van der Waals surface area contributed by atoms with Crippen molar-refractivity contribution in [2.24, 2.45) is 0 Å². The van der Waals surface area contributed by atoms with Crippen LogP contribution in [0.3, 0.4) is 0 Å². The number of carbonyl (C=O) groups excluding carboxylic acids is 1. The van der Waals surface area contributed by atoms with Crippen molar-refractivity contribution in [1.29, 1.82) is 0 Å². The van der Waals surface area contributed by atoms with Gasteiger partial charge in [-0.25, -0.2) is 4.79 Å². The summed E-state index contributed by atoms with van der Waals surface area (Å²) in [5, 5.41) is 12.2. The molecule has 0 atom stereocenters. The third-order valence-corrected chi connectivity index (χ3v) is 3.77. The number of aromatic carboxylic acids is 1. The van der Waals surface area contributed by atoms with E-state index in [1.54, 1.807) is 18.2 Å². The van der Waals surface area contributed by atoms with Gasteiger partial charge in [-0.2, -0.15) is 0 Å². The van der Waals surface area contributed by atoms with E-state index in [1.807, 2.05) is 11.8 Å². The predicted molar refractivity (Wildman–Crippen MR) is 81.7 cm³/mol. The van der Waals surface area contributed by atoms with Gasteiger partial charge in [0.15, 0.2) is 0 Å². The number of likely N-dealkylation sites (tertiary alicyclic amines) is 1. The zero-order valence-corrected chi connectivity index (χ0v) is 12.4. The van der Waals surface area contributed by atoms with E-state index in [1.165, 1.54) is 6.42 Å². The number of rotatable bonds is 5. The molecule has 114 valence electrons. The van der Waals surface area contributed by atoms with Gasteiger partial charge in [0.1, 0.15) is 0 Å². The maximum absolute atomic E-state index is 12.0. The number of carbonyl (C=O) groups is 2. The Balaban J connectivity index is 1.89. The summed E-state index contributed by atoms with van der Waals surface area (Å²) in [5.74, 6) is -0.813. The van der Waals surface area contributed by atoms with Gasteiger partial charge in [0.05, 0.1) is 5.56 Å². The molecule has 21 heavy (non-hydrogen) atoms. The van der Waals surface area contributed by atoms with Crippen molar-refractivity contribution in [2.45, 2.75) is 32.6 Å². The van der Waals surface area contributed by atoms with Crippen molar-refractivity contribution < 1.29 is 14.7 Å². The van der Waals surface area contributed by atoms with Crippen molar-refractivity contribution in [3.63, 3.8) is 0 Å². The van der Waals surface area contributed by atoms with Crippen molar-refractivity contribution in [1.82, 2.24) is 4.90 Å². The molecule has 2 rings (SSSR count). The highest BCUT2D eigenvalue weighted by Crippen LogP contribution is 2.18. The summed E-state index contributed by atoms with van der Waals surface area (Å²) < 4.78 is 0. The minimum absolute atomic E-state index is 0.145. The summed E-state index contributed by atoms with van der Waals surface area (Å²) in [6.07, 6.45) is 3.76. The van der Waals surface area contributed by atoms with Gasteiger partial charge in [-0.05, 0) is 43.9 Å². The average molecular weight is 290 g/mol. The Morgan fingerprint density at radius 1 is 1.24 bits per heavy atom.